The van der Waals surface area contributed by atoms with E-state index in [1.165, 1.54) is 12.1 Å². The maximum Gasteiger partial charge on any atom is 0.299 e. The molecule has 0 aliphatic heterocycles. The number of benzene rings is 2. The molecule has 1 atom stereocenters. The smallest absolute Gasteiger partial charge is 0.299 e. The molecule has 11 heteroatoms. The maximum atomic E-state index is 11.2. The highest BCUT2D eigenvalue weighted by atomic mass is 16.6. The van der Waals surface area contributed by atoms with Gasteiger partial charge < -0.3 is 10.1 Å². The third-order valence-electron chi connectivity index (χ3n) is 3.79. The number of anilines is 1. The largest absolute Gasteiger partial charge is 0.469 e. The fourth-order valence-corrected chi connectivity index (χ4v) is 2.45. The van der Waals surface area contributed by atoms with E-state index in [0.717, 1.165) is 11.6 Å². The van der Waals surface area contributed by atoms with Crippen LogP contribution in [0.25, 0.3) is 11.3 Å². The molecule has 1 N–H and O–H groups in total. The fraction of sp³-hybridized carbons (Fsp3) is 0.176. The zero-order valence-corrected chi connectivity index (χ0v) is 14.6. The van der Waals surface area contributed by atoms with Crippen LogP contribution in [-0.4, -0.2) is 32.8 Å². The highest BCUT2D eigenvalue weighted by molar-refractivity contribution is 5.65. The van der Waals surface area contributed by atoms with Crippen LogP contribution in [0.15, 0.2) is 53.2 Å². The van der Waals surface area contributed by atoms with Crippen molar-refractivity contribution in [3.8, 4) is 17.1 Å². The zero-order chi connectivity index (χ0) is 20.1. The Bertz CT molecular complexity index is 991. The summed E-state index contributed by atoms with van der Waals surface area (Å²) in [5, 5.41) is 32.4. The lowest BCUT2D eigenvalue weighted by molar-refractivity contribution is -0.393. The first-order valence-electron chi connectivity index (χ1n) is 8.17. The molecule has 11 nitrogen and oxygen atoms in total. The van der Waals surface area contributed by atoms with E-state index < -0.39 is 21.6 Å². The van der Waals surface area contributed by atoms with Crippen molar-refractivity contribution in [2.45, 2.75) is 13.0 Å². The van der Waals surface area contributed by atoms with Gasteiger partial charge in [0.05, 0.1) is 22.5 Å². The molecule has 0 amide bonds. The van der Waals surface area contributed by atoms with Crippen molar-refractivity contribution in [3.05, 3.63) is 68.8 Å². The van der Waals surface area contributed by atoms with Crippen molar-refractivity contribution in [2.75, 3.05) is 11.9 Å². The highest BCUT2D eigenvalue weighted by Crippen LogP contribution is 2.29. The molecule has 144 valence electrons. The lowest BCUT2D eigenvalue weighted by atomic mass is 10.2. The summed E-state index contributed by atoms with van der Waals surface area (Å²) in [5.41, 5.74) is 0.600. The molecule has 0 aliphatic carbocycles. The number of nitro benzene ring substituents is 2. The Labute approximate surface area is 158 Å². The molecule has 0 saturated heterocycles. The van der Waals surface area contributed by atoms with E-state index in [-0.39, 0.29) is 23.8 Å². The molecule has 1 heterocycles. The van der Waals surface area contributed by atoms with E-state index in [1.54, 1.807) is 6.92 Å². The number of nitro groups is 2. The predicted octanol–water partition coefficient (Wildman–Crippen LogP) is 3.43. The Morgan fingerprint density at radius 1 is 1.11 bits per heavy atom. The number of ether oxygens (including phenoxy) is 1. The molecule has 0 unspecified atom stereocenters. The van der Waals surface area contributed by atoms with Gasteiger partial charge in [0, 0.05) is 11.6 Å². The third-order valence-corrected chi connectivity index (χ3v) is 3.79. The molecule has 0 spiro atoms. The zero-order valence-electron chi connectivity index (χ0n) is 14.6. The summed E-state index contributed by atoms with van der Waals surface area (Å²) in [5.74, 6) is 0.193. The van der Waals surface area contributed by atoms with Crippen molar-refractivity contribution >= 4 is 17.1 Å². The summed E-state index contributed by atoms with van der Waals surface area (Å²) in [6.07, 6.45) is -0.454. The van der Waals surface area contributed by atoms with Gasteiger partial charge in [0.1, 0.15) is 11.8 Å². The Kier molecular flexibility index (Phi) is 5.44. The molecule has 0 bridgehead atoms. The van der Waals surface area contributed by atoms with E-state index in [1.807, 2.05) is 30.3 Å². The van der Waals surface area contributed by atoms with Crippen LogP contribution < -0.4 is 10.1 Å². The molecule has 0 fully saturated rings. The average molecular weight is 385 g/mol. The number of aromatic nitrogens is 2. The standard InChI is InChI=1S/C17H15N5O6/c1-11(27-17-16(19-28-20-17)12-5-3-2-4-6-12)10-18-14-8-7-13(21(23)24)9-15(14)22(25)26/h2-9,11,18H,10H2,1H3/t11-/m1/s1. The minimum absolute atomic E-state index is 0.146. The van der Waals surface area contributed by atoms with Gasteiger partial charge >= 0.3 is 0 Å². The number of nitrogens with zero attached hydrogens (tertiary/aromatic N) is 4. The summed E-state index contributed by atoms with van der Waals surface area (Å²) in [4.78, 5) is 20.6. The SMILES string of the molecule is C[C@H](CNc1ccc([N+](=O)[O-])cc1[N+](=O)[O-])Oc1nonc1-c1ccccc1. The van der Waals surface area contributed by atoms with E-state index in [0.29, 0.717) is 5.69 Å². The summed E-state index contributed by atoms with van der Waals surface area (Å²) in [6, 6.07) is 12.6. The van der Waals surface area contributed by atoms with E-state index >= 15 is 0 Å². The van der Waals surface area contributed by atoms with Crippen molar-refractivity contribution in [2.24, 2.45) is 0 Å². The second-order valence-corrected chi connectivity index (χ2v) is 5.81. The van der Waals surface area contributed by atoms with E-state index in [9.17, 15) is 20.2 Å². The molecule has 3 rings (SSSR count). The topological polar surface area (TPSA) is 146 Å². The summed E-state index contributed by atoms with van der Waals surface area (Å²) < 4.78 is 10.5. The molecule has 2 aromatic carbocycles. The highest BCUT2D eigenvalue weighted by Gasteiger charge is 2.21. The molecule has 0 saturated carbocycles. The van der Waals surface area contributed by atoms with Gasteiger partial charge in [-0.15, -0.1) is 0 Å². The van der Waals surface area contributed by atoms with E-state index in [2.05, 4.69) is 15.6 Å². The first-order valence-corrected chi connectivity index (χ1v) is 8.17. The average Bonchev–Trinajstić information content (AvgIpc) is 3.14. The molecule has 28 heavy (non-hydrogen) atoms. The Morgan fingerprint density at radius 3 is 2.54 bits per heavy atom. The van der Waals surface area contributed by atoms with Crippen LogP contribution in [0.2, 0.25) is 0 Å². The summed E-state index contributed by atoms with van der Waals surface area (Å²) in [7, 11) is 0. The molecule has 0 aliphatic rings. The van der Waals surface area contributed by atoms with Gasteiger partial charge in [0.25, 0.3) is 17.3 Å². The maximum absolute atomic E-state index is 11.2. The minimum Gasteiger partial charge on any atom is -0.469 e. The Balaban J connectivity index is 1.69. The number of rotatable bonds is 8. The number of hydrogen-bond donors (Lipinski definition) is 1. The fourth-order valence-electron chi connectivity index (χ4n) is 2.45. The third kappa shape index (κ3) is 4.20. The molecule has 3 aromatic rings. The van der Waals surface area contributed by atoms with Gasteiger partial charge in [-0.25, -0.2) is 4.63 Å². The van der Waals surface area contributed by atoms with Gasteiger partial charge in [-0.05, 0) is 23.3 Å². The normalized spacial score (nSPS) is 11.6. The van der Waals surface area contributed by atoms with Crippen LogP contribution in [0.3, 0.4) is 0 Å². The van der Waals surface area contributed by atoms with Gasteiger partial charge in [0.15, 0.2) is 5.69 Å². The lowest BCUT2D eigenvalue weighted by Gasteiger charge is -2.14. The van der Waals surface area contributed by atoms with Gasteiger partial charge in [-0.3, -0.25) is 20.2 Å². The number of non-ortho nitro benzene ring substituents is 1. The number of hydrogen-bond acceptors (Lipinski definition) is 9. The first-order chi connectivity index (χ1) is 13.5. The van der Waals surface area contributed by atoms with Crippen molar-refractivity contribution in [1.82, 2.24) is 10.3 Å². The quantitative estimate of drug-likeness (QED) is 0.455. The molecular weight excluding hydrogens is 370 g/mol. The summed E-state index contributed by atoms with van der Waals surface area (Å²) >= 11 is 0. The molecule has 0 radical (unpaired) electrons. The summed E-state index contributed by atoms with van der Waals surface area (Å²) in [6.45, 7) is 1.91. The second-order valence-electron chi connectivity index (χ2n) is 5.81. The lowest BCUT2D eigenvalue weighted by Crippen LogP contribution is -2.23. The predicted molar refractivity (Wildman–Crippen MR) is 98.1 cm³/mol. The van der Waals surface area contributed by atoms with Crippen LogP contribution in [0, 0.1) is 20.2 Å². The van der Waals surface area contributed by atoms with Crippen LogP contribution >= 0.6 is 0 Å². The van der Waals surface area contributed by atoms with Crippen LogP contribution in [-0.2, 0) is 0 Å². The Hall–Kier alpha value is -4.02. The van der Waals surface area contributed by atoms with Crippen LogP contribution in [0.4, 0.5) is 17.1 Å². The van der Waals surface area contributed by atoms with Crippen molar-refractivity contribution in [1.29, 1.82) is 0 Å². The van der Waals surface area contributed by atoms with Crippen molar-refractivity contribution < 1.29 is 19.2 Å². The second kappa shape index (κ2) is 8.12. The number of nitrogens with one attached hydrogen (secondary N) is 1. The van der Waals surface area contributed by atoms with Crippen molar-refractivity contribution in [3.63, 3.8) is 0 Å². The molecule has 1 aromatic heterocycles. The van der Waals surface area contributed by atoms with Gasteiger partial charge in [0.2, 0.25) is 0 Å². The van der Waals surface area contributed by atoms with Crippen LogP contribution in [0.1, 0.15) is 6.92 Å². The first kappa shape index (κ1) is 18.8. The van der Waals surface area contributed by atoms with Crippen LogP contribution in [0.5, 0.6) is 5.88 Å². The minimum atomic E-state index is -0.689. The van der Waals surface area contributed by atoms with Gasteiger partial charge in [-0.1, -0.05) is 30.3 Å². The van der Waals surface area contributed by atoms with E-state index in [4.69, 9.17) is 9.37 Å². The Morgan fingerprint density at radius 2 is 1.86 bits per heavy atom. The monoisotopic (exact) mass is 385 g/mol. The molecular formula is C17H15N5O6. The van der Waals surface area contributed by atoms with Gasteiger partial charge in [-0.2, -0.15) is 0 Å².